The highest BCUT2D eigenvalue weighted by Crippen LogP contribution is 2.33. The van der Waals surface area contributed by atoms with E-state index in [0.717, 1.165) is 17.5 Å². The normalized spacial score (nSPS) is 26.7. The Hall–Kier alpha value is -0.870. The van der Waals surface area contributed by atoms with Gasteiger partial charge in [-0.3, -0.25) is 0 Å². The van der Waals surface area contributed by atoms with Crippen molar-refractivity contribution in [2.45, 2.75) is 32.3 Å². The van der Waals surface area contributed by atoms with Crippen LogP contribution in [-0.4, -0.2) is 25.0 Å². The van der Waals surface area contributed by atoms with E-state index in [0.29, 0.717) is 12.3 Å². The Balaban J connectivity index is 2.29. The highest BCUT2D eigenvalue weighted by molar-refractivity contribution is 7.91. The zero-order chi connectivity index (χ0) is 13.4. The number of benzene rings is 1. The summed E-state index contributed by atoms with van der Waals surface area (Å²) in [7, 11) is -3.09. The number of aliphatic hydroxyl groups is 1. The third-order valence-corrected chi connectivity index (χ3v) is 5.14. The van der Waals surface area contributed by atoms with Crippen LogP contribution in [0, 0.1) is 5.92 Å². The minimum Gasteiger partial charge on any atom is -0.384 e. The van der Waals surface area contributed by atoms with Crippen molar-refractivity contribution in [3.63, 3.8) is 0 Å². The molecule has 0 saturated carbocycles. The average molecular weight is 268 g/mol. The molecule has 1 N–H and O–H groups in total. The zero-order valence-electron chi connectivity index (χ0n) is 10.9. The van der Waals surface area contributed by atoms with Crippen molar-refractivity contribution in [2.24, 2.45) is 5.92 Å². The lowest BCUT2D eigenvalue weighted by Crippen LogP contribution is -2.27. The Morgan fingerprint density at radius 1 is 1.39 bits per heavy atom. The second kappa shape index (κ2) is 4.67. The number of sulfone groups is 1. The van der Waals surface area contributed by atoms with E-state index in [1.165, 1.54) is 0 Å². The number of hydrogen-bond donors (Lipinski definition) is 1. The molecule has 1 heterocycles. The lowest BCUT2D eigenvalue weighted by Gasteiger charge is -2.22. The minimum absolute atomic E-state index is 0.0813. The third-order valence-electron chi connectivity index (χ3n) is 3.39. The summed E-state index contributed by atoms with van der Waals surface area (Å²) in [5.74, 6) is 0.477. The summed E-state index contributed by atoms with van der Waals surface area (Å²) < 4.78 is 23.0. The van der Waals surface area contributed by atoms with Gasteiger partial charge in [0.1, 0.15) is 5.60 Å². The molecule has 0 spiro atoms. The van der Waals surface area contributed by atoms with Crippen LogP contribution in [0.2, 0.25) is 0 Å². The first kappa shape index (κ1) is 13.6. The van der Waals surface area contributed by atoms with Gasteiger partial charge in [-0.05, 0) is 29.9 Å². The molecule has 1 atom stereocenters. The summed E-state index contributed by atoms with van der Waals surface area (Å²) in [6, 6.07) is 7.69. The minimum atomic E-state index is -3.09. The van der Waals surface area contributed by atoms with E-state index in [1.807, 2.05) is 24.3 Å². The average Bonchev–Trinajstić information content (AvgIpc) is 2.54. The van der Waals surface area contributed by atoms with Gasteiger partial charge in [0.2, 0.25) is 0 Å². The standard InChI is InChI=1S/C14H20O3S/c1-11(2)8-12-4-3-5-13(9-12)14(15)6-7-18(16,17)10-14/h3-5,9,11,15H,6-8,10H2,1-2H3. The first-order valence-electron chi connectivity index (χ1n) is 6.33. The maximum absolute atomic E-state index is 11.5. The molecule has 0 amide bonds. The van der Waals surface area contributed by atoms with Crippen LogP contribution in [0.4, 0.5) is 0 Å². The van der Waals surface area contributed by atoms with Crippen molar-refractivity contribution in [1.82, 2.24) is 0 Å². The van der Waals surface area contributed by atoms with Crippen molar-refractivity contribution < 1.29 is 13.5 Å². The molecule has 4 heteroatoms. The lowest BCUT2D eigenvalue weighted by molar-refractivity contribution is 0.0652. The molecule has 1 unspecified atom stereocenters. The summed E-state index contributed by atoms with van der Waals surface area (Å²) in [5, 5.41) is 10.5. The Morgan fingerprint density at radius 2 is 2.11 bits per heavy atom. The second-order valence-electron chi connectivity index (χ2n) is 5.67. The zero-order valence-corrected chi connectivity index (χ0v) is 11.7. The van der Waals surface area contributed by atoms with E-state index in [2.05, 4.69) is 13.8 Å². The van der Waals surface area contributed by atoms with Crippen molar-refractivity contribution in [2.75, 3.05) is 11.5 Å². The fourth-order valence-electron chi connectivity index (χ4n) is 2.52. The summed E-state index contributed by atoms with van der Waals surface area (Å²) in [4.78, 5) is 0. The molecule has 3 nitrogen and oxygen atoms in total. The van der Waals surface area contributed by atoms with E-state index in [1.54, 1.807) is 0 Å². The highest BCUT2D eigenvalue weighted by atomic mass is 32.2. The molecule has 1 fully saturated rings. The molecule has 1 aliphatic heterocycles. The van der Waals surface area contributed by atoms with Crippen molar-refractivity contribution in [3.8, 4) is 0 Å². The first-order chi connectivity index (χ1) is 8.31. The van der Waals surface area contributed by atoms with Gasteiger partial charge in [-0.2, -0.15) is 0 Å². The van der Waals surface area contributed by atoms with E-state index in [9.17, 15) is 13.5 Å². The van der Waals surface area contributed by atoms with Gasteiger partial charge < -0.3 is 5.11 Å². The van der Waals surface area contributed by atoms with Crippen molar-refractivity contribution >= 4 is 9.84 Å². The fourth-order valence-corrected chi connectivity index (χ4v) is 4.35. The molecule has 0 radical (unpaired) electrons. The Bertz CT molecular complexity index is 534. The monoisotopic (exact) mass is 268 g/mol. The maximum Gasteiger partial charge on any atom is 0.153 e. The first-order valence-corrected chi connectivity index (χ1v) is 8.15. The summed E-state index contributed by atoms with van der Waals surface area (Å²) in [6.45, 7) is 4.28. The molecule has 0 aromatic heterocycles. The van der Waals surface area contributed by atoms with E-state index in [4.69, 9.17) is 0 Å². The third kappa shape index (κ3) is 2.93. The number of hydrogen-bond acceptors (Lipinski definition) is 3. The van der Waals surface area contributed by atoms with Crippen LogP contribution < -0.4 is 0 Å². The van der Waals surface area contributed by atoms with Gasteiger partial charge in [-0.15, -0.1) is 0 Å². The molecular weight excluding hydrogens is 248 g/mol. The molecule has 18 heavy (non-hydrogen) atoms. The maximum atomic E-state index is 11.5. The molecule has 1 aromatic carbocycles. The van der Waals surface area contributed by atoms with Gasteiger partial charge >= 0.3 is 0 Å². The highest BCUT2D eigenvalue weighted by Gasteiger charge is 2.41. The van der Waals surface area contributed by atoms with Crippen LogP contribution in [-0.2, 0) is 21.9 Å². The van der Waals surface area contributed by atoms with Crippen molar-refractivity contribution in [3.05, 3.63) is 35.4 Å². The SMILES string of the molecule is CC(C)Cc1cccc(C2(O)CCS(=O)(=O)C2)c1. The molecule has 1 aromatic rings. The fraction of sp³-hybridized carbons (Fsp3) is 0.571. The quantitative estimate of drug-likeness (QED) is 0.911. The van der Waals surface area contributed by atoms with Gasteiger partial charge in [0.05, 0.1) is 11.5 Å². The van der Waals surface area contributed by atoms with Crippen LogP contribution in [0.3, 0.4) is 0 Å². The van der Waals surface area contributed by atoms with Gasteiger partial charge in [-0.1, -0.05) is 38.1 Å². The van der Waals surface area contributed by atoms with Crippen LogP contribution in [0.15, 0.2) is 24.3 Å². The molecule has 100 valence electrons. The van der Waals surface area contributed by atoms with Crippen LogP contribution in [0.5, 0.6) is 0 Å². The molecule has 2 rings (SSSR count). The van der Waals surface area contributed by atoms with E-state index in [-0.39, 0.29) is 11.5 Å². The molecular formula is C14H20O3S. The lowest BCUT2D eigenvalue weighted by atomic mass is 9.90. The van der Waals surface area contributed by atoms with Gasteiger partial charge in [0.15, 0.2) is 9.84 Å². The molecule has 0 bridgehead atoms. The van der Waals surface area contributed by atoms with Crippen LogP contribution in [0.25, 0.3) is 0 Å². The Kier molecular flexibility index (Phi) is 3.52. The predicted octanol–water partition coefficient (Wildman–Crippen LogP) is 1.89. The van der Waals surface area contributed by atoms with Crippen LogP contribution >= 0.6 is 0 Å². The van der Waals surface area contributed by atoms with E-state index >= 15 is 0 Å². The van der Waals surface area contributed by atoms with Crippen molar-refractivity contribution in [1.29, 1.82) is 0 Å². The van der Waals surface area contributed by atoms with Crippen LogP contribution in [0.1, 0.15) is 31.4 Å². The van der Waals surface area contributed by atoms with Gasteiger partial charge in [-0.25, -0.2) is 8.42 Å². The van der Waals surface area contributed by atoms with Gasteiger partial charge in [0.25, 0.3) is 0 Å². The Morgan fingerprint density at radius 3 is 2.67 bits per heavy atom. The topological polar surface area (TPSA) is 54.4 Å². The summed E-state index contributed by atoms with van der Waals surface area (Å²) in [5.41, 5.74) is 0.702. The second-order valence-corrected chi connectivity index (χ2v) is 7.86. The largest absolute Gasteiger partial charge is 0.384 e. The molecule has 1 saturated heterocycles. The predicted molar refractivity (Wildman–Crippen MR) is 72.2 cm³/mol. The smallest absolute Gasteiger partial charge is 0.153 e. The van der Waals surface area contributed by atoms with E-state index < -0.39 is 15.4 Å². The summed E-state index contributed by atoms with van der Waals surface area (Å²) in [6.07, 6.45) is 1.25. The summed E-state index contributed by atoms with van der Waals surface area (Å²) >= 11 is 0. The number of rotatable bonds is 3. The molecule has 1 aliphatic rings. The van der Waals surface area contributed by atoms with Gasteiger partial charge in [0, 0.05) is 0 Å². The Labute approximate surface area is 109 Å². The molecule has 0 aliphatic carbocycles.